The molecule has 3 unspecified atom stereocenters. The summed E-state index contributed by atoms with van der Waals surface area (Å²) in [6.07, 6.45) is -0.141. The van der Waals surface area contributed by atoms with Gasteiger partial charge >= 0.3 is 0 Å². The number of nitrogens with one attached hydrogen (secondary N) is 1. The van der Waals surface area contributed by atoms with E-state index in [0.717, 1.165) is 30.6 Å². The predicted octanol–water partition coefficient (Wildman–Crippen LogP) is -0.794. The average Bonchev–Trinajstić information content (AvgIpc) is 3.30. The number of aliphatic hydroxyl groups is 3. The lowest BCUT2D eigenvalue weighted by Gasteiger charge is -2.53. The van der Waals surface area contributed by atoms with Crippen molar-refractivity contribution in [2.45, 2.75) is 42.9 Å². The van der Waals surface area contributed by atoms with Crippen molar-refractivity contribution in [2.24, 2.45) is 23.5 Å². The number of nitrogens with two attached hydrogens (primary N) is 1. The lowest BCUT2D eigenvalue weighted by atomic mass is 9.54. The molecule has 0 radical (unpaired) electrons. The number of fused-ring (bicyclic) bond motifs is 3. The zero-order chi connectivity index (χ0) is 25.4. The van der Waals surface area contributed by atoms with Gasteiger partial charge in [0.1, 0.15) is 17.4 Å². The molecule has 0 spiro atoms. The highest BCUT2D eigenvalue weighted by Crippen LogP contribution is 2.53. The van der Waals surface area contributed by atoms with Crippen molar-refractivity contribution in [1.82, 2.24) is 10.2 Å². The lowest BCUT2D eigenvalue weighted by molar-refractivity contribution is -0.184. The van der Waals surface area contributed by atoms with Crippen LogP contribution in [0.4, 0.5) is 0 Å². The van der Waals surface area contributed by atoms with E-state index >= 15 is 0 Å². The molecule has 7 N–H and O–H groups in total. The fraction of sp³-hybridized carbons (Fsp3) is 0.560. The van der Waals surface area contributed by atoms with Gasteiger partial charge in [0.15, 0.2) is 11.4 Å². The SMILES string of the molecule is CN(C)[C@@H]1C(O)C(C(N)=O)C(=O)[C@@]2(O)C(=O)C3=C(O)c4c(O)ccc(C5CCNC5)c4C[C@H]3C[C@@H]12. The van der Waals surface area contributed by atoms with Gasteiger partial charge in [-0.15, -0.1) is 0 Å². The van der Waals surface area contributed by atoms with Crippen molar-refractivity contribution in [3.63, 3.8) is 0 Å². The second-order valence-corrected chi connectivity index (χ2v) is 10.5. The third-order valence-electron chi connectivity index (χ3n) is 8.51. The Morgan fingerprint density at radius 2 is 1.91 bits per heavy atom. The van der Waals surface area contributed by atoms with E-state index in [0.29, 0.717) is 6.42 Å². The van der Waals surface area contributed by atoms with Crippen LogP contribution in [-0.4, -0.2) is 87.7 Å². The van der Waals surface area contributed by atoms with E-state index in [1.807, 2.05) is 6.07 Å². The fourth-order valence-corrected chi connectivity index (χ4v) is 6.93. The molecule has 3 fully saturated rings. The van der Waals surface area contributed by atoms with Gasteiger partial charge in [0.2, 0.25) is 11.7 Å². The fourth-order valence-electron chi connectivity index (χ4n) is 6.93. The first-order chi connectivity index (χ1) is 16.5. The summed E-state index contributed by atoms with van der Waals surface area (Å²) in [7, 11) is 3.27. The van der Waals surface area contributed by atoms with Crippen LogP contribution in [0.3, 0.4) is 0 Å². The number of amides is 1. The van der Waals surface area contributed by atoms with Gasteiger partial charge in [0, 0.05) is 24.1 Å². The van der Waals surface area contributed by atoms with E-state index in [4.69, 9.17) is 5.73 Å². The minimum atomic E-state index is -2.63. The van der Waals surface area contributed by atoms with Crippen LogP contribution in [0.15, 0.2) is 17.7 Å². The second-order valence-electron chi connectivity index (χ2n) is 10.5. The number of primary amides is 1. The smallest absolute Gasteiger partial charge is 0.230 e. The number of hydrogen-bond acceptors (Lipinski definition) is 9. The summed E-state index contributed by atoms with van der Waals surface area (Å²) in [4.78, 5) is 40.8. The number of aliphatic hydroxyl groups excluding tert-OH is 2. The van der Waals surface area contributed by atoms with Crippen molar-refractivity contribution in [3.05, 3.63) is 34.4 Å². The zero-order valence-electron chi connectivity index (χ0n) is 19.7. The highest BCUT2D eigenvalue weighted by molar-refractivity contribution is 6.25. The molecule has 1 aliphatic heterocycles. The topological polar surface area (TPSA) is 173 Å². The second kappa shape index (κ2) is 8.12. The Labute approximate surface area is 202 Å². The third kappa shape index (κ3) is 3.20. The number of carbonyl (C=O) groups is 3. The Hall–Kier alpha value is -2.79. The quantitative estimate of drug-likeness (QED) is 0.300. The van der Waals surface area contributed by atoms with Crippen molar-refractivity contribution in [1.29, 1.82) is 0 Å². The Balaban J connectivity index is 1.68. The number of phenols is 1. The van der Waals surface area contributed by atoms with E-state index in [1.165, 1.54) is 6.07 Å². The van der Waals surface area contributed by atoms with Crippen LogP contribution < -0.4 is 11.1 Å². The van der Waals surface area contributed by atoms with Crippen LogP contribution in [0.1, 0.15) is 35.4 Å². The largest absolute Gasteiger partial charge is 0.507 e. The summed E-state index contributed by atoms with van der Waals surface area (Å²) >= 11 is 0. The first-order valence-electron chi connectivity index (χ1n) is 11.9. The summed E-state index contributed by atoms with van der Waals surface area (Å²) in [5.74, 6) is -7.04. The number of hydrogen-bond donors (Lipinski definition) is 6. The number of likely N-dealkylation sites (N-methyl/N-ethyl adjacent to an activating group) is 1. The summed E-state index contributed by atoms with van der Waals surface area (Å²) in [5.41, 5.74) is 4.52. The van der Waals surface area contributed by atoms with Crippen LogP contribution in [0.2, 0.25) is 0 Å². The summed E-state index contributed by atoms with van der Waals surface area (Å²) in [5, 5.41) is 47.8. The number of Topliss-reactive ketones (excluding diaryl/α,β-unsaturated/α-hetero) is 2. The maximum atomic E-state index is 13.8. The molecule has 1 heterocycles. The highest BCUT2D eigenvalue weighted by atomic mass is 16.3. The molecule has 5 rings (SSSR count). The summed E-state index contributed by atoms with van der Waals surface area (Å²) < 4.78 is 0. The standard InChI is InChI=1S/C25H31N3O7/c1-28(2)19-14-8-11-7-13-12(10-5-6-27-9-10)3-4-15(29)17(13)20(30)16(11)22(32)25(14,35)23(33)18(21(19)31)24(26)34/h3-4,10-11,14,18-19,21,27,29-31,35H,5-9H2,1-2H3,(H2,26,34)/t10?,11-,14-,18?,19-,21?,25-/m0/s1. The molecule has 2 saturated carbocycles. The monoisotopic (exact) mass is 485 g/mol. The maximum absolute atomic E-state index is 13.8. The number of rotatable bonds is 3. The molecule has 1 aromatic rings. The third-order valence-corrected chi connectivity index (χ3v) is 8.51. The number of ketones is 2. The molecule has 3 aliphatic carbocycles. The van der Waals surface area contributed by atoms with Gasteiger partial charge in [-0.1, -0.05) is 6.07 Å². The minimum Gasteiger partial charge on any atom is -0.507 e. The predicted molar refractivity (Wildman–Crippen MR) is 124 cm³/mol. The number of phenolic OH excluding ortho intramolecular Hbond substituents is 1. The molecule has 10 nitrogen and oxygen atoms in total. The van der Waals surface area contributed by atoms with Gasteiger partial charge < -0.3 is 36.4 Å². The van der Waals surface area contributed by atoms with Crippen LogP contribution >= 0.6 is 0 Å². The molecule has 10 heteroatoms. The summed E-state index contributed by atoms with van der Waals surface area (Å²) in [6, 6.07) is 2.44. The number of nitrogens with zero attached hydrogens (tertiary/aromatic N) is 1. The van der Waals surface area contributed by atoms with Crippen molar-refractivity contribution in [2.75, 3.05) is 27.2 Å². The molecule has 1 amide bonds. The Kier molecular flexibility index (Phi) is 5.55. The average molecular weight is 486 g/mol. The number of benzene rings is 1. The van der Waals surface area contributed by atoms with Crippen LogP contribution in [-0.2, 0) is 20.8 Å². The van der Waals surface area contributed by atoms with Crippen LogP contribution in [0.25, 0.3) is 5.76 Å². The molecule has 7 atom stereocenters. The van der Waals surface area contributed by atoms with Gasteiger partial charge in [-0.25, -0.2) is 0 Å². The van der Waals surface area contributed by atoms with E-state index < -0.39 is 58.7 Å². The van der Waals surface area contributed by atoms with E-state index in [-0.39, 0.29) is 29.2 Å². The van der Waals surface area contributed by atoms with Gasteiger partial charge in [-0.3, -0.25) is 14.4 Å². The van der Waals surface area contributed by atoms with Gasteiger partial charge in [-0.2, -0.15) is 0 Å². The number of carbonyl (C=O) groups excluding carboxylic acids is 3. The van der Waals surface area contributed by atoms with Gasteiger partial charge in [-0.05, 0) is 68.9 Å². The Morgan fingerprint density at radius 1 is 1.20 bits per heavy atom. The molecule has 35 heavy (non-hydrogen) atoms. The highest BCUT2D eigenvalue weighted by Gasteiger charge is 2.67. The Morgan fingerprint density at radius 3 is 2.51 bits per heavy atom. The molecule has 0 bridgehead atoms. The van der Waals surface area contributed by atoms with Crippen molar-refractivity contribution < 1.29 is 34.8 Å². The Bertz CT molecular complexity index is 1160. The van der Waals surface area contributed by atoms with E-state index in [2.05, 4.69) is 5.32 Å². The lowest BCUT2D eigenvalue weighted by Crippen LogP contribution is -2.73. The molecule has 1 saturated heterocycles. The molecular formula is C25H31N3O7. The first-order valence-corrected chi connectivity index (χ1v) is 11.9. The van der Waals surface area contributed by atoms with Crippen LogP contribution in [0, 0.1) is 17.8 Å². The maximum Gasteiger partial charge on any atom is 0.230 e. The normalized spacial score (nSPS) is 36.7. The molecular weight excluding hydrogens is 454 g/mol. The van der Waals surface area contributed by atoms with Crippen LogP contribution in [0.5, 0.6) is 5.75 Å². The number of aromatic hydroxyl groups is 1. The van der Waals surface area contributed by atoms with Crippen molar-refractivity contribution >= 4 is 23.2 Å². The van der Waals surface area contributed by atoms with Crippen molar-refractivity contribution in [3.8, 4) is 5.75 Å². The molecule has 0 aromatic heterocycles. The van der Waals surface area contributed by atoms with Gasteiger partial charge in [0.25, 0.3) is 0 Å². The first kappa shape index (κ1) is 23.9. The van der Waals surface area contributed by atoms with E-state index in [9.17, 15) is 34.8 Å². The molecule has 1 aromatic carbocycles. The summed E-state index contributed by atoms with van der Waals surface area (Å²) in [6.45, 7) is 1.62. The van der Waals surface area contributed by atoms with E-state index in [1.54, 1.807) is 19.0 Å². The molecule has 188 valence electrons. The van der Waals surface area contributed by atoms with Gasteiger partial charge in [0.05, 0.1) is 11.7 Å². The minimum absolute atomic E-state index is 0.121. The zero-order valence-corrected chi connectivity index (χ0v) is 19.7. The molecule has 4 aliphatic rings.